The van der Waals surface area contributed by atoms with E-state index in [1.807, 2.05) is 67.6 Å². The zero-order chi connectivity index (χ0) is 44.9. The average molecular weight is 895 g/mol. The molecule has 0 spiro atoms. The molecule has 0 bridgehead atoms. The van der Waals surface area contributed by atoms with Gasteiger partial charge in [0, 0.05) is 9.82 Å². The van der Waals surface area contributed by atoms with Gasteiger partial charge in [-0.3, -0.25) is 0 Å². The molecule has 64 heavy (non-hydrogen) atoms. The quantitative estimate of drug-likeness (QED) is 0.0374. The third-order valence-corrected chi connectivity index (χ3v) is 11.8. The summed E-state index contributed by atoms with van der Waals surface area (Å²) < 4.78 is 58.1. The largest absolute Gasteiger partial charge is 0.452 e. The normalized spacial score (nSPS) is 25.8. The molecule has 0 unspecified atom stereocenters. The molecule has 336 valence electrons. The molecule has 7 rings (SSSR count). The van der Waals surface area contributed by atoms with Crippen molar-refractivity contribution in [1.29, 1.82) is 0 Å². The van der Waals surface area contributed by atoms with Gasteiger partial charge in [-0.05, 0) is 65.0 Å². The minimum Gasteiger partial charge on any atom is -0.452 e. The highest BCUT2D eigenvalue weighted by Crippen LogP contribution is 2.42. The predicted molar refractivity (Wildman–Crippen MR) is 233 cm³/mol. The molecule has 17 nitrogen and oxygen atoms in total. The van der Waals surface area contributed by atoms with Crippen molar-refractivity contribution in [3.8, 4) is 0 Å². The highest BCUT2D eigenvalue weighted by atomic mass is 32.2. The Morgan fingerprint density at radius 3 is 1.81 bits per heavy atom. The van der Waals surface area contributed by atoms with Gasteiger partial charge in [-0.25, -0.2) is 9.59 Å². The number of ether oxygens (including phenoxy) is 9. The Kier molecular flexibility index (Phi) is 16.3. The number of fused-ring (bicyclic) bond motifs is 1. The van der Waals surface area contributed by atoms with Gasteiger partial charge in [-0.2, -0.15) is 0 Å². The summed E-state index contributed by atoms with van der Waals surface area (Å²) in [5.74, 6) is -1.82. The van der Waals surface area contributed by atoms with Crippen LogP contribution < -0.4 is 0 Å². The Labute approximate surface area is 374 Å². The van der Waals surface area contributed by atoms with Crippen molar-refractivity contribution < 1.29 is 52.2 Å². The second-order valence-electron chi connectivity index (χ2n) is 15.5. The molecule has 3 saturated heterocycles. The molecule has 0 aromatic heterocycles. The van der Waals surface area contributed by atoms with Crippen LogP contribution in [0.5, 0.6) is 0 Å². The molecule has 4 aromatic carbocycles. The lowest BCUT2D eigenvalue weighted by Gasteiger charge is -2.43. The van der Waals surface area contributed by atoms with Crippen LogP contribution in [-0.2, 0) is 68.9 Å². The molecule has 3 aliphatic heterocycles. The number of rotatable bonds is 19. The number of azide groups is 2. The summed E-state index contributed by atoms with van der Waals surface area (Å²) in [6.45, 7) is 5.68. The molecule has 0 amide bonds. The van der Waals surface area contributed by atoms with Crippen molar-refractivity contribution in [3.63, 3.8) is 0 Å². The fraction of sp³-hybridized carbons (Fsp3) is 0.435. The van der Waals surface area contributed by atoms with Gasteiger partial charge < -0.3 is 42.6 Å². The summed E-state index contributed by atoms with van der Waals surface area (Å²) in [6, 6.07) is 32.7. The minimum absolute atomic E-state index is 0.0240. The van der Waals surface area contributed by atoms with E-state index in [9.17, 15) is 9.59 Å². The van der Waals surface area contributed by atoms with Gasteiger partial charge in [0.15, 0.2) is 24.3 Å². The number of thioether (sulfide) groups is 1. The number of hydrogen-bond acceptors (Lipinski definition) is 14. The monoisotopic (exact) mass is 894 g/mol. The standard InChI is InChI=1S/C46H50N6O11S/c1-4-64-45-41(61-43(54)34-22-14-12-20-32(34)24-50-52-48)39-38(62-46(2,3)63-39)36(59-45)28-58-44-40(60-42(53)33-21-13-11-19-31(33)23-49-51-47)37(56-26-30-17-9-6-10-18-30)35(27-57-44)55-25-29-15-7-5-8-16-29/h5-22,35-41,44-45H,4,23-28H2,1-3H3/t35-,36+,37-,38-,39-,40+,41+,44-,45-/m0/s1. The third kappa shape index (κ3) is 11.8. The van der Waals surface area contributed by atoms with Crippen LogP contribution in [0, 0.1) is 0 Å². The molecule has 9 atom stereocenters. The second-order valence-corrected chi connectivity index (χ2v) is 16.9. The molecule has 0 N–H and O–H groups in total. The van der Waals surface area contributed by atoms with E-state index in [-0.39, 0.29) is 50.6 Å². The van der Waals surface area contributed by atoms with E-state index >= 15 is 0 Å². The van der Waals surface area contributed by atoms with Crippen LogP contribution >= 0.6 is 11.8 Å². The molecule has 0 radical (unpaired) electrons. The molecule has 3 aliphatic rings. The molecule has 4 aromatic rings. The van der Waals surface area contributed by atoms with Crippen LogP contribution in [0.3, 0.4) is 0 Å². The van der Waals surface area contributed by atoms with Crippen LogP contribution in [0.15, 0.2) is 119 Å². The number of esters is 2. The number of benzene rings is 4. The molecule has 18 heteroatoms. The predicted octanol–water partition coefficient (Wildman–Crippen LogP) is 8.60. The summed E-state index contributed by atoms with van der Waals surface area (Å²) in [4.78, 5) is 33.7. The highest BCUT2D eigenvalue weighted by Gasteiger charge is 2.57. The lowest BCUT2D eigenvalue weighted by Crippen LogP contribution is -2.60. The fourth-order valence-electron chi connectivity index (χ4n) is 7.79. The number of nitrogens with zero attached hydrogens (tertiary/aromatic N) is 6. The first-order valence-corrected chi connectivity index (χ1v) is 22.0. The Morgan fingerprint density at radius 1 is 0.703 bits per heavy atom. The van der Waals surface area contributed by atoms with Gasteiger partial charge in [0.05, 0.1) is 50.6 Å². The van der Waals surface area contributed by atoms with Gasteiger partial charge in [-0.1, -0.05) is 114 Å². The molecular formula is C46H50N6O11S. The van der Waals surface area contributed by atoms with Crippen molar-refractivity contribution >= 4 is 23.7 Å². The Bertz CT molecular complexity index is 2280. The molecule has 3 heterocycles. The smallest absolute Gasteiger partial charge is 0.338 e. The van der Waals surface area contributed by atoms with E-state index in [2.05, 4.69) is 20.1 Å². The fourth-order valence-corrected chi connectivity index (χ4v) is 8.74. The van der Waals surface area contributed by atoms with Gasteiger partial charge in [-0.15, -0.1) is 11.8 Å². The average Bonchev–Trinajstić information content (AvgIpc) is 3.65. The highest BCUT2D eigenvalue weighted by molar-refractivity contribution is 7.99. The van der Waals surface area contributed by atoms with E-state index in [0.29, 0.717) is 16.9 Å². The van der Waals surface area contributed by atoms with Crippen molar-refractivity contribution in [2.75, 3.05) is 19.0 Å². The van der Waals surface area contributed by atoms with Crippen LogP contribution in [0.2, 0.25) is 0 Å². The summed E-state index contributed by atoms with van der Waals surface area (Å²) in [5, 5.41) is 7.32. The van der Waals surface area contributed by atoms with Crippen molar-refractivity contribution in [1.82, 2.24) is 0 Å². The topological polar surface area (TPSA) is 215 Å². The first kappa shape index (κ1) is 46.5. The maximum Gasteiger partial charge on any atom is 0.338 e. The maximum absolute atomic E-state index is 14.2. The number of carbonyl (C=O) groups is 2. The van der Waals surface area contributed by atoms with Gasteiger partial charge in [0.1, 0.15) is 36.0 Å². The van der Waals surface area contributed by atoms with Crippen molar-refractivity contribution in [2.45, 2.75) is 107 Å². The molecule has 3 fully saturated rings. The van der Waals surface area contributed by atoms with Crippen LogP contribution in [0.4, 0.5) is 0 Å². The van der Waals surface area contributed by atoms with Crippen molar-refractivity contribution in [2.24, 2.45) is 10.2 Å². The summed E-state index contributed by atoms with van der Waals surface area (Å²) in [7, 11) is 0. The zero-order valence-corrected chi connectivity index (χ0v) is 36.4. The van der Waals surface area contributed by atoms with Gasteiger partial charge >= 0.3 is 11.9 Å². The Morgan fingerprint density at radius 2 is 1.23 bits per heavy atom. The zero-order valence-electron chi connectivity index (χ0n) is 35.6. The van der Waals surface area contributed by atoms with Crippen LogP contribution in [-0.4, -0.2) is 91.1 Å². The first-order valence-electron chi connectivity index (χ1n) is 20.9. The third-order valence-electron chi connectivity index (χ3n) is 10.7. The summed E-state index contributed by atoms with van der Waals surface area (Å²) >= 11 is 1.43. The van der Waals surface area contributed by atoms with Crippen molar-refractivity contribution in [3.05, 3.63) is 163 Å². The lowest BCUT2D eigenvalue weighted by molar-refractivity contribution is -0.296. The van der Waals surface area contributed by atoms with Gasteiger partial charge in [0.2, 0.25) is 0 Å². The summed E-state index contributed by atoms with van der Waals surface area (Å²) in [6.07, 6.45) is -7.21. The molecular weight excluding hydrogens is 845 g/mol. The van der Waals surface area contributed by atoms with Crippen LogP contribution in [0.1, 0.15) is 63.7 Å². The van der Waals surface area contributed by atoms with E-state index < -0.39 is 72.2 Å². The minimum atomic E-state index is -1.19. The van der Waals surface area contributed by atoms with E-state index in [1.165, 1.54) is 11.8 Å². The second kappa shape index (κ2) is 22.4. The van der Waals surface area contributed by atoms with Gasteiger partial charge in [0.25, 0.3) is 0 Å². The lowest BCUT2D eigenvalue weighted by atomic mass is 9.99. The number of hydrogen-bond donors (Lipinski definition) is 0. The van der Waals surface area contributed by atoms with E-state index in [4.69, 9.17) is 53.7 Å². The Hall–Kier alpha value is -5.49. The van der Waals surface area contributed by atoms with E-state index in [0.717, 1.165) is 11.1 Å². The molecule has 0 saturated carbocycles. The first-order chi connectivity index (χ1) is 31.2. The van der Waals surface area contributed by atoms with E-state index in [1.54, 1.807) is 62.4 Å². The SMILES string of the molecule is CCS[C@@H]1O[C@H](CO[C@@H]2OC[C@H](OCc3ccccc3)[C@H](OCc3ccccc3)[C@H]2OC(=O)c2ccccc2CN=[N+]=[N-])[C@@H]2OC(C)(C)O[C@@H]2[C@H]1OC(=O)c1ccccc1CN=[N+]=[N-]. The maximum atomic E-state index is 14.2. The molecule has 0 aliphatic carbocycles. The summed E-state index contributed by atoms with van der Waals surface area (Å²) in [5.41, 5.74) is 20.5. The Balaban J connectivity index is 1.16. The number of carbonyl (C=O) groups excluding carboxylic acids is 2. The van der Waals surface area contributed by atoms with Crippen LogP contribution in [0.25, 0.3) is 20.9 Å².